The van der Waals surface area contributed by atoms with Crippen LogP contribution in [0.15, 0.2) is 41.3 Å². The van der Waals surface area contributed by atoms with Gasteiger partial charge in [0.2, 0.25) is 0 Å². The fraction of sp³-hybridized carbons (Fsp3) is 0.474. The largest absolute Gasteiger partial charge is 0.496 e. The topological polar surface area (TPSA) is 9.23 Å². The van der Waals surface area contributed by atoms with Gasteiger partial charge in [-0.3, -0.25) is 0 Å². The summed E-state index contributed by atoms with van der Waals surface area (Å²) in [6.07, 6.45) is 5.27. The highest BCUT2D eigenvalue weighted by atomic mass is 32.2. The van der Waals surface area contributed by atoms with Gasteiger partial charge >= 0.3 is 0 Å². The number of hydrogen-bond donors (Lipinski definition) is 1. The Bertz CT molecular complexity index is 556. The Balaban J connectivity index is 2.41. The number of unbranched alkanes of at least 4 members (excludes halogenated alkanes) is 2. The zero-order chi connectivity index (χ0) is 15.1. The Kier molecular flexibility index (Phi) is 6.44. The molecule has 0 aliphatic rings. The molecule has 0 N–H and O–H groups in total. The maximum absolute atomic E-state index is 5.53. The molecule has 0 saturated carbocycles. The average molecular weight is 304 g/mol. The van der Waals surface area contributed by atoms with E-state index >= 15 is 0 Å². The lowest BCUT2D eigenvalue weighted by Gasteiger charge is -2.24. The van der Waals surface area contributed by atoms with Crippen LogP contribution >= 0.6 is 10.9 Å². The fourth-order valence-corrected chi connectivity index (χ4v) is 5.68. The molecule has 1 nitrogen and oxygen atoms in total. The molecular weight excluding hydrogens is 276 g/mol. The molecular formula is C19H28OS. The molecule has 0 aliphatic heterocycles. The van der Waals surface area contributed by atoms with Crippen LogP contribution in [0, 0.1) is 0 Å². The normalized spacial score (nSPS) is 11.7. The standard InChI is InChI=1S/C19H28OS/c1-4-6-14-21(15-7-5-2)19-13-12-18(20-3)16-10-8-9-11-17(16)19/h8-13,21H,4-7,14-15H2,1-3H3. The minimum Gasteiger partial charge on any atom is -0.496 e. The molecule has 21 heavy (non-hydrogen) atoms. The van der Waals surface area contributed by atoms with Crippen LogP contribution in [0.3, 0.4) is 0 Å². The van der Waals surface area contributed by atoms with Crippen LogP contribution in [-0.4, -0.2) is 18.6 Å². The fourth-order valence-electron chi connectivity index (χ4n) is 2.76. The Labute approximate surface area is 132 Å². The van der Waals surface area contributed by atoms with E-state index in [1.54, 1.807) is 12.0 Å². The van der Waals surface area contributed by atoms with Gasteiger partial charge in [0.25, 0.3) is 0 Å². The Morgan fingerprint density at radius 3 is 2.05 bits per heavy atom. The lowest BCUT2D eigenvalue weighted by molar-refractivity contribution is 0.419. The van der Waals surface area contributed by atoms with Crippen molar-refractivity contribution in [2.75, 3.05) is 18.6 Å². The maximum Gasteiger partial charge on any atom is 0.126 e. The number of methoxy groups -OCH3 is 1. The number of rotatable bonds is 8. The van der Waals surface area contributed by atoms with E-state index < -0.39 is 0 Å². The molecule has 0 spiro atoms. The van der Waals surface area contributed by atoms with Gasteiger partial charge in [-0.1, -0.05) is 51.0 Å². The van der Waals surface area contributed by atoms with Gasteiger partial charge in [0.05, 0.1) is 7.11 Å². The van der Waals surface area contributed by atoms with Crippen LogP contribution in [0.2, 0.25) is 0 Å². The minimum atomic E-state index is -0.0403. The van der Waals surface area contributed by atoms with Gasteiger partial charge < -0.3 is 4.74 Å². The van der Waals surface area contributed by atoms with E-state index in [1.165, 1.54) is 48.0 Å². The highest BCUT2D eigenvalue weighted by Gasteiger charge is 2.12. The summed E-state index contributed by atoms with van der Waals surface area (Å²) in [5, 5.41) is 2.66. The van der Waals surface area contributed by atoms with E-state index in [1.807, 2.05) is 0 Å². The van der Waals surface area contributed by atoms with Crippen molar-refractivity contribution in [1.29, 1.82) is 0 Å². The quantitative estimate of drug-likeness (QED) is 0.606. The molecule has 0 unspecified atom stereocenters. The first-order chi connectivity index (χ1) is 10.3. The average Bonchev–Trinajstić information content (AvgIpc) is 2.54. The highest BCUT2D eigenvalue weighted by molar-refractivity contribution is 8.17. The van der Waals surface area contributed by atoms with E-state index in [2.05, 4.69) is 50.2 Å². The second-order valence-corrected chi connectivity index (χ2v) is 7.98. The first-order valence-electron chi connectivity index (χ1n) is 8.12. The van der Waals surface area contributed by atoms with Gasteiger partial charge in [0.1, 0.15) is 5.75 Å². The van der Waals surface area contributed by atoms with Gasteiger partial charge in [-0.25, -0.2) is 10.9 Å². The monoisotopic (exact) mass is 304 g/mol. The number of hydrogen-bond acceptors (Lipinski definition) is 1. The summed E-state index contributed by atoms with van der Waals surface area (Å²) in [5.41, 5.74) is 0. The molecule has 0 aromatic heterocycles. The molecule has 0 radical (unpaired) electrons. The predicted molar refractivity (Wildman–Crippen MR) is 97.3 cm³/mol. The number of thiol groups is 1. The van der Waals surface area contributed by atoms with Gasteiger partial charge in [0, 0.05) is 5.39 Å². The first kappa shape index (κ1) is 16.2. The minimum absolute atomic E-state index is 0.0403. The van der Waals surface area contributed by atoms with Crippen molar-refractivity contribution in [2.45, 2.75) is 44.4 Å². The van der Waals surface area contributed by atoms with E-state index in [9.17, 15) is 0 Å². The maximum atomic E-state index is 5.53. The van der Waals surface area contributed by atoms with E-state index in [0.717, 1.165) is 5.75 Å². The van der Waals surface area contributed by atoms with Crippen molar-refractivity contribution in [2.24, 2.45) is 0 Å². The first-order valence-corrected chi connectivity index (χ1v) is 9.83. The molecule has 2 heteroatoms. The summed E-state index contributed by atoms with van der Waals surface area (Å²) in [7, 11) is 1.72. The molecule has 2 aromatic rings. The van der Waals surface area contributed by atoms with Crippen molar-refractivity contribution >= 4 is 21.7 Å². The van der Waals surface area contributed by atoms with Crippen LogP contribution < -0.4 is 4.74 Å². The summed E-state index contributed by atoms with van der Waals surface area (Å²) < 4.78 is 5.53. The number of ether oxygens (including phenoxy) is 1. The van der Waals surface area contributed by atoms with Gasteiger partial charge in [-0.2, -0.15) is 0 Å². The zero-order valence-electron chi connectivity index (χ0n) is 13.6. The van der Waals surface area contributed by atoms with Crippen molar-refractivity contribution in [1.82, 2.24) is 0 Å². The Morgan fingerprint density at radius 2 is 1.48 bits per heavy atom. The number of fused-ring (bicyclic) bond motifs is 1. The molecule has 0 amide bonds. The van der Waals surface area contributed by atoms with Crippen LogP contribution in [0.1, 0.15) is 39.5 Å². The third-order valence-corrected chi connectivity index (χ3v) is 6.77. The van der Waals surface area contributed by atoms with Gasteiger partial charge in [-0.15, -0.1) is 0 Å². The molecule has 0 atom stereocenters. The van der Waals surface area contributed by atoms with Crippen molar-refractivity contribution in [3.8, 4) is 5.75 Å². The van der Waals surface area contributed by atoms with E-state index in [-0.39, 0.29) is 10.9 Å². The second kappa shape index (κ2) is 8.33. The Hall–Kier alpha value is -1.15. The predicted octanol–water partition coefficient (Wildman–Crippen LogP) is 5.81. The zero-order valence-corrected chi connectivity index (χ0v) is 14.5. The third kappa shape index (κ3) is 3.94. The van der Waals surface area contributed by atoms with Gasteiger partial charge in [0.15, 0.2) is 0 Å². The molecule has 0 saturated heterocycles. The molecule has 2 rings (SSSR count). The number of benzene rings is 2. The summed E-state index contributed by atoms with van der Waals surface area (Å²) in [6, 6.07) is 13.2. The summed E-state index contributed by atoms with van der Waals surface area (Å²) >= 11 is 0. The molecule has 0 fully saturated rings. The smallest absolute Gasteiger partial charge is 0.126 e. The summed E-state index contributed by atoms with van der Waals surface area (Å²) in [6.45, 7) is 4.58. The highest BCUT2D eigenvalue weighted by Crippen LogP contribution is 2.44. The molecule has 0 bridgehead atoms. The van der Waals surface area contributed by atoms with Crippen LogP contribution in [-0.2, 0) is 0 Å². The lowest BCUT2D eigenvalue weighted by atomic mass is 10.1. The van der Waals surface area contributed by atoms with Crippen LogP contribution in [0.4, 0.5) is 0 Å². The lowest BCUT2D eigenvalue weighted by Crippen LogP contribution is -1.98. The molecule has 2 aromatic carbocycles. The van der Waals surface area contributed by atoms with Gasteiger partial charge in [-0.05, 0) is 46.8 Å². The van der Waals surface area contributed by atoms with E-state index in [4.69, 9.17) is 4.74 Å². The van der Waals surface area contributed by atoms with Crippen molar-refractivity contribution in [3.63, 3.8) is 0 Å². The second-order valence-electron chi connectivity index (χ2n) is 5.53. The van der Waals surface area contributed by atoms with Crippen LogP contribution in [0.25, 0.3) is 10.8 Å². The summed E-state index contributed by atoms with van der Waals surface area (Å²) in [5.74, 6) is 3.72. The van der Waals surface area contributed by atoms with E-state index in [0.29, 0.717) is 0 Å². The molecule has 0 aliphatic carbocycles. The SMILES string of the molecule is CCCC[SH](CCCC)c1ccc(OC)c2ccccc12. The van der Waals surface area contributed by atoms with Crippen molar-refractivity contribution in [3.05, 3.63) is 36.4 Å². The third-order valence-electron chi connectivity index (χ3n) is 3.98. The molecule has 0 heterocycles. The Morgan fingerprint density at radius 1 is 0.857 bits per heavy atom. The summed E-state index contributed by atoms with van der Waals surface area (Å²) in [4.78, 5) is 1.57. The molecule has 116 valence electrons. The van der Waals surface area contributed by atoms with Crippen molar-refractivity contribution < 1.29 is 4.74 Å². The van der Waals surface area contributed by atoms with Crippen LogP contribution in [0.5, 0.6) is 5.75 Å².